The van der Waals surface area contributed by atoms with Crippen molar-refractivity contribution in [3.63, 3.8) is 0 Å². The fourth-order valence-electron chi connectivity index (χ4n) is 2.83. The van der Waals surface area contributed by atoms with E-state index in [0.29, 0.717) is 0 Å². The summed E-state index contributed by atoms with van der Waals surface area (Å²) in [5.41, 5.74) is 2.82. The van der Waals surface area contributed by atoms with Crippen LogP contribution in [0, 0.1) is 10.1 Å². The first-order valence-corrected chi connectivity index (χ1v) is 6.98. The fraction of sp³-hybridized carbons (Fsp3) is 0. The lowest BCUT2D eigenvalue weighted by molar-refractivity contribution is -0.384. The number of nitro benzene ring substituents is 1. The number of nitrogens with zero attached hydrogens (tertiary/aromatic N) is 1. The molecule has 0 unspecified atom stereocenters. The number of nitro groups is 1. The lowest BCUT2D eigenvalue weighted by Crippen LogP contribution is -1.87. The van der Waals surface area contributed by atoms with E-state index in [2.05, 4.69) is 29.2 Å². The standard InChI is InChI=1S/C18H12N2O2/c21-20(22)14-6-3-5-13(10-14)18-11-16-15-7-2-1-4-12(15)8-9-17(16)19-18/h1-11,19H. The van der Waals surface area contributed by atoms with E-state index in [1.165, 1.54) is 16.8 Å². The number of aromatic nitrogens is 1. The zero-order valence-corrected chi connectivity index (χ0v) is 11.6. The lowest BCUT2D eigenvalue weighted by Gasteiger charge is -1.97. The van der Waals surface area contributed by atoms with Crippen molar-refractivity contribution in [1.29, 1.82) is 0 Å². The zero-order valence-electron chi connectivity index (χ0n) is 11.6. The third kappa shape index (κ3) is 1.93. The molecule has 4 heteroatoms. The van der Waals surface area contributed by atoms with Crippen LogP contribution in [0.2, 0.25) is 0 Å². The second kappa shape index (κ2) is 4.70. The van der Waals surface area contributed by atoms with E-state index in [-0.39, 0.29) is 10.6 Å². The first kappa shape index (κ1) is 12.6. The molecule has 4 rings (SSSR count). The summed E-state index contributed by atoms with van der Waals surface area (Å²) >= 11 is 0. The van der Waals surface area contributed by atoms with Gasteiger partial charge in [-0.1, -0.05) is 42.5 Å². The Hall–Kier alpha value is -3.14. The first-order valence-electron chi connectivity index (χ1n) is 6.98. The molecule has 0 aliphatic heterocycles. The average molecular weight is 288 g/mol. The molecule has 22 heavy (non-hydrogen) atoms. The van der Waals surface area contributed by atoms with E-state index in [1.54, 1.807) is 12.1 Å². The van der Waals surface area contributed by atoms with E-state index in [0.717, 1.165) is 22.2 Å². The van der Waals surface area contributed by atoms with Gasteiger partial charge in [0.2, 0.25) is 0 Å². The maximum atomic E-state index is 10.9. The van der Waals surface area contributed by atoms with Crippen molar-refractivity contribution in [3.05, 3.63) is 76.8 Å². The minimum absolute atomic E-state index is 0.0982. The van der Waals surface area contributed by atoms with Crippen LogP contribution in [0.25, 0.3) is 32.9 Å². The van der Waals surface area contributed by atoms with Crippen LogP contribution in [0.5, 0.6) is 0 Å². The molecule has 0 radical (unpaired) electrons. The van der Waals surface area contributed by atoms with Crippen LogP contribution in [-0.2, 0) is 0 Å². The maximum Gasteiger partial charge on any atom is 0.270 e. The minimum atomic E-state index is -0.373. The quantitative estimate of drug-likeness (QED) is 0.421. The van der Waals surface area contributed by atoms with Gasteiger partial charge >= 0.3 is 0 Å². The molecule has 0 saturated carbocycles. The molecule has 3 aromatic carbocycles. The Kier molecular flexibility index (Phi) is 2.69. The third-order valence-electron chi connectivity index (χ3n) is 3.90. The monoisotopic (exact) mass is 288 g/mol. The van der Waals surface area contributed by atoms with E-state index in [4.69, 9.17) is 0 Å². The molecule has 0 atom stereocenters. The molecule has 1 aromatic heterocycles. The molecule has 106 valence electrons. The fourth-order valence-corrected chi connectivity index (χ4v) is 2.83. The van der Waals surface area contributed by atoms with Crippen LogP contribution in [-0.4, -0.2) is 9.91 Å². The normalized spacial score (nSPS) is 11.1. The van der Waals surface area contributed by atoms with Crippen molar-refractivity contribution in [2.24, 2.45) is 0 Å². The molecule has 4 nitrogen and oxygen atoms in total. The Morgan fingerprint density at radius 1 is 0.864 bits per heavy atom. The molecular weight excluding hydrogens is 276 g/mol. The molecule has 0 aliphatic carbocycles. The highest BCUT2D eigenvalue weighted by Crippen LogP contribution is 2.31. The van der Waals surface area contributed by atoms with Crippen molar-refractivity contribution in [2.45, 2.75) is 0 Å². The van der Waals surface area contributed by atoms with Crippen LogP contribution < -0.4 is 0 Å². The molecule has 0 amide bonds. The third-order valence-corrected chi connectivity index (χ3v) is 3.90. The Bertz CT molecular complexity index is 1020. The predicted molar refractivity (Wildman–Crippen MR) is 87.9 cm³/mol. The second-order valence-electron chi connectivity index (χ2n) is 5.24. The molecule has 0 saturated heterocycles. The highest BCUT2D eigenvalue weighted by atomic mass is 16.6. The lowest BCUT2D eigenvalue weighted by atomic mass is 10.1. The van der Waals surface area contributed by atoms with Gasteiger partial charge in [-0.15, -0.1) is 0 Å². The van der Waals surface area contributed by atoms with Crippen LogP contribution in [0.1, 0.15) is 0 Å². The highest BCUT2D eigenvalue weighted by molar-refractivity contribution is 6.08. The number of nitrogens with one attached hydrogen (secondary N) is 1. The van der Waals surface area contributed by atoms with Gasteiger partial charge < -0.3 is 4.98 Å². The molecule has 0 aliphatic rings. The van der Waals surface area contributed by atoms with E-state index in [1.807, 2.05) is 24.3 Å². The maximum absolute atomic E-state index is 10.9. The molecule has 4 aromatic rings. The summed E-state index contributed by atoms with van der Waals surface area (Å²) in [5.74, 6) is 0. The largest absolute Gasteiger partial charge is 0.355 e. The molecule has 0 fully saturated rings. The number of rotatable bonds is 2. The SMILES string of the molecule is O=[N+]([O-])c1cccc(-c2cc3c(ccc4ccccc43)[nH]2)c1. The van der Waals surface area contributed by atoms with Gasteiger partial charge in [-0.25, -0.2) is 0 Å². The average Bonchev–Trinajstić information content (AvgIpc) is 2.99. The Morgan fingerprint density at radius 2 is 1.73 bits per heavy atom. The predicted octanol–water partition coefficient (Wildman–Crippen LogP) is 4.90. The second-order valence-corrected chi connectivity index (χ2v) is 5.24. The van der Waals surface area contributed by atoms with E-state index in [9.17, 15) is 10.1 Å². The highest BCUT2D eigenvalue weighted by Gasteiger charge is 2.10. The van der Waals surface area contributed by atoms with E-state index >= 15 is 0 Å². The molecule has 1 N–H and O–H groups in total. The van der Waals surface area contributed by atoms with Crippen molar-refractivity contribution in [3.8, 4) is 11.3 Å². The molecule has 0 bridgehead atoms. The van der Waals surface area contributed by atoms with Crippen molar-refractivity contribution >= 4 is 27.4 Å². The summed E-state index contributed by atoms with van der Waals surface area (Å²) in [4.78, 5) is 13.9. The molecular formula is C18H12N2O2. The summed E-state index contributed by atoms with van der Waals surface area (Å²) in [7, 11) is 0. The molecule has 1 heterocycles. The number of hydrogen-bond donors (Lipinski definition) is 1. The number of fused-ring (bicyclic) bond motifs is 3. The first-order chi connectivity index (χ1) is 10.7. The van der Waals surface area contributed by atoms with Crippen LogP contribution in [0.3, 0.4) is 0 Å². The van der Waals surface area contributed by atoms with Crippen LogP contribution in [0.4, 0.5) is 5.69 Å². The van der Waals surface area contributed by atoms with Gasteiger partial charge in [-0.2, -0.15) is 0 Å². The Morgan fingerprint density at radius 3 is 2.59 bits per heavy atom. The summed E-state index contributed by atoms with van der Waals surface area (Å²) in [6, 6.07) is 21.0. The summed E-state index contributed by atoms with van der Waals surface area (Å²) in [5, 5.41) is 14.4. The zero-order chi connectivity index (χ0) is 15.1. The number of aromatic amines is 1. The van der Waals surface area contributed by atoms with Gasteiger partial charge in [0.1, 0.15) is 0 Å². The minimum Gasteiger partial charge on any atom is -0.355 e. The summed E-state index contributed by atoms with van der Waals surface area (Å²) in [6.07, 6.45) is 0. The summed E-state index contributed by atoms with van der Waals surface area (Å²) in [6.45, 7) is 0. The molecule has 0 spiro atoms. The van der Waals surface area contributed by atoms with Crippen LogP contribution in [0.15, 0.2) is 66.7 Å². The number of benzene rings is 3. The van der Waals surface area contributed by atoms with Crippen molar-refractivity contribution in [2.75, 3.05) is 0 Å². The van der Waals surface area contributed by atoms with Gasteiger partial charge in [0.15, 0.2) is 0 Å². The van der Waals surface area contributed by atoms with Crippen molar-refractivity contribution in [1.82, 2.24) is 4.98 Å². The van der Waals surface area contributed by atoms with Gasteiger partial charge in [0.05, 0.1) is 4.92 Å². The Labute approximate surface area is 126 Å². The van der Waals surface area contributed by atoms with Gasteiger partial charge in [0.25, 0.3) is 5.69 Å². The number of H-pyrrole nitrogens is 1. The number of non-ortho nitro benzene ring substituents is 1. The van der Waals surface area contributed by atoms with E-state index < -0.39 is 0 Å². The van der Waals surface area contributed by atoms with Crippen molar-refractivity contribution < 1.29 is 4.92 Å². The van der Waals surface area contributed by atoms with Gasteiger partial charge in [-0.3, -0.25) is 10.1 Å². The Balaban J connectivity index is 1.95. The topological polar surface area (TPSA) is 58.9 Å². The van der Waals surface area contributed by atoms with Gasteiger partial charge in [-0.05, 0) is 22.9 Å². The summed E-state index contributed by atoms with van der Waals surface area (Å²) < 4.78 is 0. The smallest absolute Gasteiger partial charge is 0.270 e. The van der Waals surface area contributed by atoms with Gasteiger partial charge in [0, 0.05) is 34.3 Å². The number of hydrogen-bond acceptors (Lipinski definition) is 2. The van der Waals surface area contributed by atoms with Crippen LogP contribution >= 0.6 is 0 Å².